The van der Waals surface area contributed by atoms with Crippen LogP contribution in [-0.2, 0) is 14.6 Å². The van der Waals surface area contributed by atoms with Gasteiger partial charge in [-0.2, -0.15) is 0 Å². The van der Waals surface area contributed by atoms with E-state index in [0.717, 1.165) is 11.2 Å². The van der Waals surface area contributed by atoms with Crippen molar-refractivity contribution < 1.29 is 23.1 Å². The molecule has 0 fully saturated rings. The lowest BCUT2D eigenvalue weighted by Gasteiger charge is -2.21. The predicted octanol–water partition coefficient (Wildman–Crippen LogP) is 0.498. The van der Waals surface area contributed by atoms with Gasteiger partial charge in [-0.1, -0.05) is 30.3 Å². The molecule has 0 aliphatic carbocycles. The van der Waals surface area contributed by atoms with Crippen LogP contribution in [0, 0.1) is 0 Å². The van der Waals surface area contributed by atoms with Crippen LogP contribution in [0.4, 0.5) is 4.79 Å². The van der Waals surface area contributed by atoms with Crippen LogP contribution in [0.2, 0.25) is 0 Å². The standard InChI is InChI=1S/C13H18N2O5S/c1-15(8-9-21(2,19)20)13(18)14-11(12(16)17)10-6-4-3-5-7-10/h3-7,11H,8-9H2,1-2H3,(H,14,18)(H,16,17)/t11-/m0/s1. The van der Waals surface area contributed by atoms with Crippen LogP contribution in [0.25, 0.3) is 0 Å². The molecule has 0 aromatic heterocycles. The van der Waals surface area contributed by atoms with Gasteiger partial charge in [-0.3, -0.25) is 0 Å². The average molecular weight is 314 g/mol. The van der Waals surface area contributed by atoms with Crippen molar-refractivity contribution in [2.24, 2.45) is 0 Å². The second-order valence-electron chi connectivity index (χ2n) is 4.68. The number of carbonyl (C=O) groups excluding carboxylic acids is 1. The summed E-state index contributed by atoms with van der Waals surface area (Å²) < 4.78 is 22.1. The Labute approximate surface area is 123 Å². The summed E-state index contributed by atoms with van der Waals surface area (Å²) >= 11 is 0. The monoisotopic (exact) mass is 314 g/mol. The van der Waals surface area contributed by atoms with E-state index in [4.69, 9.17) is 0 Å². The molecule has 8 heteroatoms. The van der Waals surface area contributed by atoms with Crippen molar-refractivity contribution in [2.75, 3.05) is 25.6 Å². The van der Waals surface area contributed by atoms with E-state index in [0.29, 0.717) is 5.56 Å². The molecule has 0 bridgehead atoms. The van der Waals surface area contributed by atoms with Crippen molar-refractivity contribution in [1.29, 1.82) is 0 Å². The third-order valence-corrected chi connectivity index (χ3v) is 3.72. The number of carbonyl (C=O) groups is 2. The van der Waals surface area contributed by atoms with Gasteiger partial charge in [0.1, 0.15) is 9.84 Å². The molecule has 7 nitrogen and oxygen atoms in total. The van der Waals surface area contributed by atoms with Crippen LogP contribution < -0.4 is 5.32 Å². The molecule has 0 saturated carbocycles. The first-order valence-corrected chi connectivity index (χ1v) is 8.24. The lowest BCUT2D eigenvalue weighted by Crippen LogP contribution is -2.43. The Balaban J connectivity index is 2.72. The van der Waals surface area contributed by atoms with Crippen molar-refractivity contribution >= 4 is 21.8 Å². The number of nitrogens with one attached hydrogen (secondary N) is 1. The summed E-state index contributed by atoms with van der Waals surface area (Å²) in [6.07, 6.45) is 1.07. The number of amides is 2. The van der Waals surface area contributed by atoms with Gasteiger partial charge < -0.3 is 15.3 Å². The second-order valence-corrected chi connectivity index (χ2v) is 6.94. The Morgan fingerprint density at radius 3 is 2.33 bits per heavy atom. The highest BCUT2D eigenvalue weighted by Crippen LogP contribution is 2.13. The van der Waals surface area contributed by atoms with Crippen LogP contribution in [-0.4, -0.2) is 56.0 Å². The van der Waals surface area contributed by atoms with Crippen molar-refractivity contribution in [1.82, 2.24) is 10.2 Å². The second kappa shape index (κ2) is 7.07. The molecule has 0 radical (unpaired) electrons. The zero-order chi connectivity index (χ0) is 16.0. The molecule has 21 heavy (non-hydrogen) atoms. The molecule has 0 unspecified atom stereocenters. The Morgan fingerprint density at radius 2 is 1.86 bits per heavy atom. The molecule has 1 atom stereocenters. The molecule has 0 aliphatic rings. The molecule has 2 N–H and O–H groups in total. The lowest BCUT2D eigenvalue weighted by molar-refractivity contribution is -0.139. The molecule has 0 aliphatic heterocycles. The molecular formula is C13H18N2O5S. The highest BCUT2D eigenvalue weighted by atomic mass is 32.2. The van der Waals surface area contributed by atoms with Gasteiger partial charge in [0.25, 0.3) is 0 Å². The number of sulfone groups is 1. The molecule has 1 aromatic rings. The van der Waals surface area contributed by atoms with Crippen molar-refractivity contribution in [2.45, 2.75) is 6.04 Å². The lowest BCUT2D eigenvalue weighted by atomic mass is 10.1. The molecular weight excluding hydrogens is 296 g/mol. The summed E-state index contributed by atoms with van der Waals surface area (Å²) in [6, 6.07) is 6.44. The van der Waals surface area contributed by atoms with Gasteiger partial charge in [-0.25, -0.2) is 18.0 Å². The van der Waals surface area contributed by atoms with E-state index < -0.39 is 27.9 Å². The smallest absolute Gasteiger partial charge is 0.330 e. The number of hydrogen-bond acceptors (Lipinski definition) is 4. The van der Waals surface area contributed by atoms with Gasteiger partial charge >= 0.3 is 12.0 Å². The van der Waals surface area contributed by atoms with Crippen molar-refractivity contribution in [3.8, 4) is 0 Å². The Hall–Kier alpha value is -2.09. The normalized spacial score (nSPS) is 12.5. The quantitative estimate of drug-likeness (QED) is 0.795. The minimum absolute atomic E-state index is 0.00814. The van der Waals surface area contributed by atoms with Gasteiger partial charge in [0.2, 0.25) is 0 Å². The van der Waals surface area contributed by atoms with Gasteiger partial charge in [0, 0.05) is 19.8 Å². The minimum Gasteiger partial charge on any atom is -0.479 e. The maximum absolute atomic E-state index is 11.9. The van der Waals surface area contributed by atoms with E-state index in [1.807, 2.05) is 0 Å². The fourth-order valence-electron chi connectivity index (χ4n) is 1.57. The van der Waals surface area contributed by atoms with Crippen LogP contribution in [0.15, 0.2) is 30.3 Å². The summed E-state index contributed by atoms with van der Waals surface area (Å²) in [7, 11) is -1.78. The van der Waals surface area contributed by atoms with Gasteiger partial charge in [-0.05, 0) is 5.56 Å². The summed E-state index contributed by atoms with van der Waals surface area (Å²) in [5, 5.41) is 11.5. The average Bonchev–Trinajstić information content (AvgIpc) is 2.41. The third kappa shape index (κ3) is 5.82. The minimum atomic E-state index is -3.19. The number of carboxylic acids is 1. The van der Waals surface area contributed by atoms with Crippen molar-refractivity contribution in [3.63, 3.8) is 0 Å². The number of urea groups is 1. The molecule has 1 rings (SSSR count). The van der Waals surface area contributed by atoms with E-state index in [1.165, 1.54) is 7.05 Å². The highest BCUT2D eigenvalue weighted by Gasteiger charge is 2.23. The number of benzene rings is 1. The van der Waals surface area contributed by atoms with Crippen LogP contribution in [0.5, 0.6) is 0 Å². The fourth-order valence-corrected chi connectivity index (χ4v) is 2.18. The van der Waals surface area contributed by atoms with E-state index in [2.05, 4.69) is 5.32 Å². The molecule has 2 amide bonds. The highest BCUT2D eigenvalue weighted by molar-refractivity contribution is 7.90. The molecule has 0 spiro atoms. The number of aliphatic carboxylic acids is 1. The Kier molecular flexibility index (Phi) is 5.71. The largest absolute Gasteiger partial charge is 0.479 e. The number of nitrogens with zero attached hydrogens (tertiary/aromatic N) is 1. The zero-order valence-electron chi connectivity index (χ0n) is 11.8. The SMILES string of the molecule is CN(CCS(C)(=O)=O)C(=O)N[C@H](C(=O)O)c1ccccc1. The van der Waals surface area contributed by atoms with Gasteiger partial charge in [0.15, 0.2) is 6.04 Å². The number of carboxylic acid groups (broad SMARTS) is 1. The summed E-state index contributed by atoms with van der Waals surface area (Å²) in [5.74, 6) is -1.37. The zero-order valence-corrected chi connectivity index (χ0v) is 12.6. The molecule has 0 saturated heterocycles. The Morgan fingerprint density at radius 1 is 1.29 bits per heavy atom. The van der Waals surface area contributed by atoms with Gasteiger partial charge in [-0.15, -0.1) is 0 Å². The first-order valence-electron chi connectivity index (χ1n) is 6.18. The Bertz CT molecular complexity index is 600. The maximum atomic E-state index is 11.9. The molecule has 116 valence electrons. The summed E-state index contributed by atoms with van der Waals surface area (Å²) in [4.78, 5) is 24.3. The maximum Gasteiger partial charge on any atom is 0.330 e. The van der Waals surface area contributed by atoms with E-state index >= 15 is 0 Å². The fraction of sp³-hybridized carbons (Fsp3) is 0.385. The number of rotatable bonds is 6. The topological polar surface area (TPSA) is 104 Å². The van der Waals surface area contributed by atoms with Crippen LogP contribution >= 0.6 is 0 Å². The van der Waals surface area contributed by atoms with E-state index in [9.17, 15) is 23.1 Å². The van der Waals surface area contributed by atoms with E-state index in [1.54, 1.807) is 30.3 Å². The number of hydrogen-bond donors (Lipinski definition) is 2. The van der Waals surface area contributed by atoms with Gasteiger partial charge in [0.05, 0.1) is 5.75 Å². The first kappa shape index (κ1) is 17.0. The third-order valence-electron chi connectivity index (χ3n) is 2.79. The molecule has 0 heterocycles. The van der Waals surface area contributed by atoms with Crippen LogP contribution in [0.1, 0.15) is 11.6 Å². The first-order chi connectivity index (χ1) is 9.70. The van der Waals surface area contributed by atoms with Crippen molar-refractivity contribution in [3.05, 3.63) is 35.9 Å². The summed E-state index contributed by atoms with van der Waals surface area (Å²) in [6.45, 7) is -0.00814. The summed E-state index contributed by atoms with van der Waals surface area (Å²) in [5.41, 5.74) is 0.440. The van der Waals surface area contributed by atoms with Crippen LogP contribution in [0.3, 0.4) is 0 Å². The van der Waals surface area contributed by atoms with E-state index in [-0.39, 0.29) is 12.3 Å². The molecule has 1 aromatic carbocycles. The predicted molar refractivity (Wildman–Crippen MR) is 77.7 cm³/mol.